The van der Waals surface area contributed by atoms with E-state index in [9.17, 15) is 5.11 Å². The second kappa shape index (κ2) is 3.59. The van der Waals surface area contributed by atoms with E-state index in [1.54, 1.807) is 7.11 Å². The van der Waals surface area contributed by atoms with Crippen LogP contribution in [-0.2, 0) is 6.54 Å². The van der Waals surface area contributed by atoms with Crippen LogP contribution in [0, 0.1) is 0 Å². The molecule has 1 aromatic carbocycles. The van der Waals surface area contributed by atoms with Crippen LogP contribution in [0.3, 0.4) is 0 Å². The number of rotatable bonds is 1. The Hall–Kier alpha value is -1.06. The molecule has 0 spiro atoms. The summed E-state index contributed by atoms with van der Waals surface area (Å²) in [6.07, 6.45) is -0.390. The molecule has 3 nitrogen and oxygen atoms in total. The molecule has 2 rings (SSSR count). The molecule has 1 aliphatic rings. The van der Waals surface area contributed by atoms with Crippen molar-refractivity contribution in [3.63, 3.8) is 0 Å². The Morgan fingerprint density at radius 3 is 3.00 bits per heavy atom. The van der Waals surface area contributed by atoms with Gasteiger partial charge in [-0.15, -0.1) is 0 Å². The maximum atomic E-state index is 9.85. The Morgan fingerprint density at radius 1 is 1.50 bits per heavy atom. The predicted molar refractivity (Wildman–Crippen MR) is 54.3 cm³/mol. The average Bonchev–Trinajstić information content (AvgIpc) is 2.17. The van der Waals surface area contributed by atoms with Crippen molar-refractivity contribution in [2.75, 3.05) is 20.7 Å². The number of aliphatic hydroxyl groups is 1. The molecule has 1 heterocycles. The van der Waals surface area contributed by atoms with Crippen LogP contribution in [0.4, 0.5) is 0 Å². The zero-order valence-corrected chi connectivity index (χ0v) is 8.53. The van der Waals surface area contributed by atoms with E-state index in [-0.39, 0.29) is 6.10 Å². The molecular weight excluding hydrogens is 178 g/mol. The van der Waals surface area contributed by atoms with Crippen LogP contribution < -0.4 is 4.74 Å². The monoisotopic (exact) mass is 193 g/mol. The smallest absolute Gasteiger partial charge is 0.119 e. The van der Waals surface area contributed by atoms with E-state index in [0.29, 0.717) is 6.54 Å². The van der Waals surface area contributed by atoms with Crippen molar-refractivity contribution in [3.8, 4) is 5.75 Å². The van der Waals surface area contributed by atoms with Gasteiger partial charge in [-0.25, -0.2) is 0 Å². The minimum absolute atomic E-state index is 0.390. The van der Waals surface area contributed by atoms with Gasteiger partial charge in [0.2, 0.25) is 0 Å². The molecule has 0 aromatic heterocycles. The second-order valence-electron chi connectivity index (χ2n) is 3.78. The summed E-state index contributed by atoms with van der Waals surface area (Å²) in [5, 5.41) is 9.85. The van der Waals surface area contributed by atoms with Gasteiger partial charge in [0.25, 0.3) is 0 Å². The number of hydrogen-bond acceptors (Lipinski definition) is 3. The fourth-order valence-electron chi connectivity index (χ4n) is 1.90. The third-order valence-corrected chi connectivity index (χ3v) is 2.64. The average molecular weight is 193 g/mol. The highest BCUT2D eigenvalue weighted by Gasteiger charge is 2.21. The molecule has 14 heavy (non-hydrogen) atoms. The van der Waals surface area contributed by atoms with E-state index in [4.69, 9.17) is 4.74 Å². The van der Waals surface area contributed by atoms with Gasteiger partial charge in [0.05, 0.1) is 13.2 Å². The molecule has 3 heteroatoms. The predicted octanol–water partition coefficient (Wildman–Crippen LogP) is 1.17. The standard InChI is InChI=1S/C11H15NO2/c1-12-6-8-3-4-9(14-2)5-10(8)11(13)7-12/h3-5,11,13H,6-7H2,1-2H3/t11-/m0/s1. The number of β-amino-alcohol motifs (C(OH)–C–C–N with tert-alkyl or cyclic N) is 1. The Balaban J connectivity index is 2.39. The molecular formula is C11H15NO2. The fourth-order valence-corrected chi connectivity index (χ4v) is 1.90. The summed E-state index contributed by atoms with van der Waals surface area (Å²) < 4.78 is 5.13. The largest absolute Gasteiger partial charge is 0.497 e. The number of likely N-dealkylation sites (N-methyl/N-ethyl adjacent to an activating group) is 1. The van der Waals surface area contributed by atoms with Gasteiger partial charge in [0.15, 0.2) is 0 Å². The third kappa shape index (κ3) is 1.61. The molecule has 0 unspecified atom stereocenters. The van der Waals surface area contributed by atoms with Crippen molar-refractivity contribution in [3.05, 3.63) is 29.3 Å². The van der Waals surface area contributed by atoms with Gasteiger partial charge in [-0.3, -0.25) is 4.90 Å². The minimum Gasteiger partial charge on any atom is -0.497 e. The number of aliphatic hydroxyl groups excluding tert-OH is 1. The molecule has 0 saturated heterocycles. The van der Waals surface area contributed by atoms with Gasteiger partial charge in [-0.1, -0.05) is 6.07 Å². The van der Waals surface area contributed by atoms with Crippen LogP contribution in [-0.4, -0.2) is 30.7 Å². The van der Waals surface area contributed by atoms with E-state index in [1.165, 1.54) is 5.56 Å². The number of hydrogen-bond donors (Lipinski definition) is 1. The number of nitrogens with zero attached hydrogens (tertiary/aromatic N) is 1. The topological polar surface area (TPSA) is 32.7 Å². The summed E-state index contributed by atoms with van der Waals surface area (Å²) in [5.41, 5.74) is 2.19. The summed E-state index contributed by atoms with van der Waals surface area (Å²) in [6.45, 7) is 1.59. The molecule has 1 aliphatic heterocycles. The number of benzene rings is 1. The number of fused-ring (bicyclic) bond motifs is 1. The zero-order valence-electron chi connectivity index (χ0n) is 8.53. The Morgan fingerprint density at radius 2 is 2.29 bits per heavy atom. The lowest BCUT2D eigenvalue weighted by Gasteiger charge is -2.29. The first-order chi connectivity index (χ1) is 6.70. The Labute approximate surface area is 83.9 Å². The summed E-state index contributed by atoms with van der Waals surface area (Å²) in [6, 6.07) is 5.88. The summed E-state index contributed by atoms with van der Waals surface area (Å²) in [7, 11) is 3.65. The van der Waals surface area contributed by atoms with Crippen LogP contribution in [0.1, 0.15) is 17.2 Å². The number of methoxy groups -OCH3 is 1. The first-order valence-electron chi connectivity index (χ1n) is 4.74. The van der Waals surface area contributed by atoms with E-state index in [1.807, 2.05) is 25.2 Å². The summed E-state index contributed by atoms with van der Waals surface area (Å²) in [4.78, 5) is 2.11. The normalized spacial score (nSPS) is 21.8. The van der Waals surface area contributed by atoms with Gasteiger partial charge in [-0.2, -0.15) is 0 Å². The van der Waals surface area contributed by atoms with Gasteiger partial charge >= 0.3 is 0 Å². The van der Waals surface area contributed by atoms with Crippen LogP contribution >= 0.6 is 0 Å². The Bertz CT molecular complexity index is 338. The summed E-state index contributed by atoms with van der Waals surface area (Å²) >= 11 is 0. The quantitative estimate of drug-likeness (QED) is 0.726. The number of ether oxygens (including phenoxy) is 1. The van der Waals surface area contributed by atoms with Crippen molar-refractivity contribution >= 4 is 0 Å². The Kier molecular flexibility index (Phi) is 2.44. The molecule has 76 valence electrons. The van der Waals surface area contributed by atoms with Crippen molar-refractivity contribution in [2.45, 2.75) is 12.6 Å². The first-order valence-corrected chi connectivity index (χ1v) is 4.74. The molecule has 0 saturated carbocycles. The minimum atomic E-state index is -0.390. The maximum absolute atomic E-state index is 9.85. The van der Waals surface area contributed by atoms with E-state index in [2.05, 4.69) is 4.90 Å². The highest BCUT2D eigenvalue weighted by molar-refractivity contribution is 5.38. The third-order valence-electron chi connectivity index (χ3n) is 2.64. The fraction of sp³-hybridized carbons (Fsp3) is 0.455. The second-order valence-corrected chi connectivity index (χ2v) is 3.78. The van der Waals surface area contributed by atoms with E-state index >= 15 is 0 Å². The van der Waals surface area contributed by atoms with Gasteiger partial charge in [0, 0.05) is 13.1 Å². The molecule has 0 amide bonds. The summed E-state index contributed by atoms with van der Waals surface area (Å²) in [5.74, 6) is 0.812. The van der Waals surface area contributed by atoms with E-state index < -0.39 is 0 Å². The van der Waals surface area contributed by atoms with E-state index in [0.717, 1.165) is 17.9 Å². The highest BCUT2D eigenvalue weighted by atomic mass is 16.5. The first kappa shape index (κ1) is 9.49. The van der Waals surface area contributed by atoms with Crippen molar-refractivity contribution in [1.29, 1.82) is 0 Å². The zero-order chi connectivity index (χ0) is 10.1. The molecule has 0 aliphatic carbocycles. The molecule has 1 aromatic rings. The molecule has 0 bridgehead atoms. The van der Waals surface area contributed by atoms with Gasteiger partial charge < -0.3 is 9.84 Å². The van der Waals surface area contributed by atoms with Gasteiger partial charge in [-0.05, 0) is 30.3 Å². The van der Waals surface area contributed by atoms with Crippen molar-refractivity contribution in [2.24, 2.45) is 0 Å². The SMILES string of the molecule is COc1ccc2c(c1)[C@@H](O)CN(C)C2. The maximum Gasteiger partial charge on any atom is 0.119 e. The highest BCUT2D eigenvalue weighted by Crippen LogP contribution is 2.28. The van der Waals surface area contributed by atoms with Crippen molar-refractivity contribution < 1.29 is 9.84 Å². The lowest BCUT2D eigenvalue weighted by Crippen LogP contribution is -2.30. The lowest BCUT2D eigenvalue weighted by molar-refractivity contribution is 0.107. The van der Waals surface area contributed by atoms with Crippen LogP contribution in [0.5, 0.6) is 5.75 Å². The van der Waals surface area contributed by atoms with Crippen LogP contribution in [0.15, 0.2) is 18.2 Å². The molecule has 0 fully saturated rings. The molecule has 1 N–H and O–H groups in total. The van der Waals surface area contributed by atoms with Crippen LogP contribution in [0.25, 0.3) is 0 Å². The molecule has 0 radical (unpaired) electrons. The van der Waals surface area contributed by atoms with Crippen LogP contribution in [0.2, 0.25) is 0 Å². The van der Waals surface area contributed by atoms with Crippen molar-refractivity contribution in [1.82, 2.24) is 4.90 Å². The van der Waals surface area contributed by atoms with Gasteiger partial charge in [0.1, 0.15) is 5.75 Å². The molecule has 1 atom stereocenters. The lowest BCUT2D eigenvalue weighted by atomic mass is 9.97.